The Hall–Kier alpha value is 0.270. The van der Waals surface area contributed by atoms with Gasteiger partial charge in [0.15, 0.2) is 0 Å². The van der Waals surface area contributed by atoms with Crippen molar-refractivity contribution < 1.29 is 0 Å². The van der Waals surface area contributed by atoms with E-state index in [0.29, 0.717) is 0 Å². The van der Waals surface area contributed by atoms with E-state index in [1.165, 1.54) is 0 Å². The maximum atomic E-state index is 4.16. The number of piperazine rings is 1. The molecule has 0 bridgehead atoms. The third-order valence-electron chi connectivity index (χ3n) is 1.41. The van der Waals surface area contributed by atoms with Crippen LogP contribution in [0.2, 0.25) is 0 Å². The lowest BCUT2D eigenvalue weighted by molar-refractivity contribution is 0.281. The zero-order valence-corrected chi connectivity index (χ0v) is 5.82. The molecule has 1 aliphatic heterocycles. The van der Waals surface area contributed by atoms with Crippen molar-refractivity contribution in [2.45, 2.75) is 0 Å². The summed E-state index contributed by atoms with van der Waals surface area (Å²) in [6.07, 6.45) is 0. The van der Waals surface area contributed by atoms with Gasteiger partial charge in [0.25, 0.3) is 0 Å². The maximum absolute atomic E-state index is 4.16. The van der Waals surface area contributed by atoms with Gasteiger partial charge in [0.2, 0.25) is 0 Å². The lowest BCUT2D eigenvalue weighted by Crippen LogP contribution is -2.42. The zero-order valence-electron chi connectivity index (χ0n) is 4.93. The molecule has 0 aromatic carbocycles. The first-order valence-corrected chi connectivity index (χ1v) is 3.60. The van der Waals surface area contributed by atoms with Crippen LogP contribution in [0.1, 0.15) is 0 Å². The summed E-state index contributed by atoms with van der Waals surface area (Å²) < 4.78 is 0. The Morgan fingerprint density at radius 3 is 2.38 bits per heavy atom. The summed E-state index contributed by atoms with van der Waals surface area (Å²) in [4.78, 5) is 2.32. The van der Waals surface area contributed by atoms with Gasteiger partial charge in [0, 0.05) is 32.1 Å². The summed E-state index contributed by atoms with van der Waals surface area (Å²) in [5, 5.41) is 3.27. The van der Waals surface area contributed by atoms with Crippen molar-refractivity contribution in [1.29, 1.82) is 0 Å². The molecule has 0 saturated carbocycles. The molecule has 2 nitrogen and oxygen atoms in total. The van der Waals surface area contributed by atoms with Crippen molar-refractivity contribution in [3.05, 3.63) is 0 Å². The van der Waals surface area contributed by atoms with Crippen molar-refractivity contribution >= 4 is 12.6 Å². The molecular formula is C5H12N2S. The van der Waals surface area contributed by atoms with Gasteiger partial charge in [-0.2, -0.15) is 12.6 Å². The molecule has 8 heavy (non-hydrogen) atoms. The van der Waals surface area contributed by atoms with Gasteiger partial charge in [0.1, 0.15) is 0 Å². The molecule has 1 heterocycles. The van der Waals surface area contributed by atoms with E-state index in [1.807, 2.05) is 0 Å². The average Bonchev–Trinajstić information content (AvgIpc) is 1.90. The molecule has 1 fully saturated rings. The third-order valence-corrected chi connectivity index (χ3v) is 1.81. The van der Waals surface area contributed by atoms with Crippen LogP contribution in [0.3, 0.4) is 0 Å². The molecule has 0 radical (unpaired) electrons. The predicted molar refractivity (Wildman–Crippen MR) is 38.3 cm³/mol. The number of nitrogens with one attached hydrogen (secondary N) is 1. The SMILES string of the molecule is SCN1CCNCC1. The standard InChI is InChI=1S/C5H12N2S/c8-5-7-3-1-6-2-4-7/h6,8H,1-5H2. The Kier molecular flexibility index (Phi) is 2.66. The van der Waals surface area contributed by atoms with Gasteiger partial charge in [-0.25, -0.2) is 0 Å². The van der Waals surface area contributed by atoms with Gasteiger partial charge in [-0.1, -0.05) is 0 Å². The monoisotopic (exact) mass is 132 g/mol. The molecule has 1 saturated heterocycles. The van der Waals surface area contributed by atoms with Crippen molar-refractivity contribution in [2.24, 2.45) is 0 Å². The second-order valence-corrected chi connectivity index (χ2v) is 2.29. The fourth-order valence-electron chi connectivity index (χ4n) is 0.853. The fourth-order valence-corrected chi connectivity index (χ4v) is 1.14. The van der Waals surface area contributed by atoms with Crippen LogP contribution in [-0.4, -0.2) is 37.0 Å². The van der Waals surface area contributed by atoms with E-state index in [1.54, 1.807) is 0 Å². The minimum Gasteiger partial charge on any atom is -0.314 e. The highest BCUT2D eigenvalue weighted by atomic mass is 32.1. The fraction of sp³-hybridized carbons (Fsp3) is 1.00. The van der Waals surface area contributed by atoms with E-state index in [2.05, 4.69) is 22.8 Å². The normalized spacial score (nSPS) is 23.6. The highest BCUT2D eigenvalue weighted by molar-refractivity contribution is 7.80. The van der Waals surface area contributed by atoms with Crippen LogP contribution in [0, 0.1) is 0 Å². The molecule has 0 atom stereocenters. The van der Waals surface area contributed by atoms with Crippen LogP contribution in [0.15, 0.2) is 0 Å². The Bertz CT molecular complexity index is 61.4. The van der Waals surface area contributed by atoms with E-state index in [0.717, 1.165) is 32.1 Å². The molecule has 0 aliphatic carbocycles. The zero-order chi connectivity index (χ0) is 5.82. The Labute approximate surface area is 55.7 Å². The first kappa shape index (κ1) is 6.39. The largest absolute Gasteiger partial charge is 0.314 e. The Morgan fingerprint density at radius 2 is 2.00 bits per heavy atom. The molecule has 0 aromatic rings. The maximum Gasteiger partial charge on any atom is 0.0415 e. The van der Waals surface area contributed by atoms with E-state index in [-0.39, 0.29) is 0 Å². The van der Waals surface area contributed by atoms with Gasteiger partial charge >= 0.3 is 0 Å². The van der Waals surface area contributed by atoms with E-state index < -0.39 is 0 Å². The van der Waals surface area contributed by atoms with E-state index in [9.17, 15) is 0 Å². The molecule has 0 unspecified atom stereocenters. The van der Waals surface area contributed by atoms with Crippen LogP contribution in [0.4, 0.5) is 0 Å². The van der Waals surface area contributed by atoms with Crippen LogP contribution in [-0.2, 0) is 0 Å². The molecular weight excluding hydrogens is 120 g/mol. The quantitative estimate of drug-likeness (QED) is 0.480. The van der Waals surface area contributed by atoms with Crippen LogP contribution in [0.25, 0.3) is 0 Å². The molecule has 0 spiro atoms. The lowest BCUT2D eigenvalue weighted by atomic mass is 10.4. The van der Waals surface area contributed by atoms with Gasteiger partial charge in [-0.05, 0) is 0 Å². The molecule has 1 N–H and O–H groups in total. The highest BCUT2D eigenvalue weighted by Gasteiger charge is 2.05. The van der Waals surface area contributed by atoms with E-state index >= 15 is 0 Å². The summed E-state index contributed by atoms with van der Waals surface area (Å²) in [5.74, 6) is 0.904. The number of hydrogen-bond donors (Lipinski definition) is 2. The minimum atomic E-state index is 0.904. The molecule has 0 aromatic heterocycles. The van der Waals surface area contributed by atoms with Crippen LogP contribution in [0.5, 0.6) is 0 Å². The minimum absolute atomic E-state index is 0.904. The summed E-state index contributed by atoms with van der Waals surface area (Å²) in [6.45, 7) is 4.56. The summed E-state index contributed by atoms with van der Waals surface area (Å²) >= 11 is 4.16. The molecule has 48 valence electrons. The third kappa shape index (κ3) is 1.65. The van der Waals surface area contributed by atoms with Crippen molar-refractivity contribution in [2.75, 3.05) is 32.1 Å². The highest BCUT2D eigenvalue weighted by Crippen LogP contribution is 1.91. The predicted octanol–water partition coefficient (Wildman–Crippen LogP) is -0.221. The summed E-state index contributed by atoms with van der Waals surface area (Å²) in [5.41, 5.74) is 0. The van der Waals surface area contributed by atoms with Crippen molar-refractivity contribution in [3.8, 4) is 0 Å². The molecule has 1 aliphatic rings. The van der Waals surface area contributed by atoms with Crippen LogP contribution < -0.4 is 5.32 Å². The van der Waals surface area contributed by atoms with Gasteiger partial charge in [-0.15, -0.1) is 0 Å². The second-order valence-electron chi connectivity index (χ2n) is 2.01. The summed E-state index contributed by atoms with van der Waals surface area (Å²) in [6, 6.07) is 0. The first-order chi connectivity index (χ1) is 3.93. The van der Waals surface area contributed by atoms with Crippen molar-refractivity contribution in [3.63, 3.8) is 0 Å². The molecule has 0 amide bonds. The van der Waals surface area contributed by atoms with Gasteiger partial charge in [-0.3, -0.25) is 4.90 Å². The average molecular weight is 132 g/mol. The van der Waals surface area contributed by atoms with Gasteiger partial charge in [0.05, 0.1) is 0 Å². The molecule has 3 heteroatoms. The topological polar surface area (TPSA) is 15.3 Å². The van der Waals surface area contributed by atoms with Crippen molar-refractivity contribution in [1.82, 2.24) is 10.2 Å². The van der Waals surface area contributed by atoms with Crippen LogP contribution >= 0.6 is 12.6 Å². The lowest BCUT2D eigenvalue weighted by Gasteiger charge is -2.24. The Balaban J connectivity index is 2.13. The summed E-state index contributed by atoms with van der Waals surface area (Å²) in [7, 11) is 0. The van der Waals surface area contributed by atoms with Gasteiger partial charge < -0.3 is 5.32 Å². The second kappa shape index (κ2) is 3.33. The number of hydrogen-bond acceptors (Lipinski definition) is 3. The first-order valence-electron chi connectivity index (χ1n) is 2.97. The smallest absolute Gasteiger partial charge is 0.0415 e. The number of rotatable bonds is 1. The number of nitrogens with zero attached hydrogens (tertiary/aromatic N) is 1. The van der Waals surface area contributed by atoms with E-state index in [4.69, 9.17) is 0 Å². The molecule has 1 rings (SSSR count). The Morgan fingerprint density at radius 1 is 1.38 bits per heavy atom. The number of thiol groups is 1.